The molecule has 1 N–H and O–H groups in total. The molecular weight excluding hydrogens is 298 g/mol. The predicted molar refractivity (Wildman–Crippen MR) is 86.7 cm³/mol. The smallest absolute Gasteiger partial charge is 0.181 e. The second-order valence-corrected chi connectivity index (χ2v) is 8.23. The van der Waals surface area contributed by atoms with Crippen LogP contribution in [0.25, 0.3) is 10.8 Å². The summed E-state index contributed by atoms with van der Waals surface area (Å²) in [6.07, 6.45) is 4.54. The maximum absolute atomic E-state index is 12.8. The summed E-state index contributed by atoms with van der Waals surface area (Å²) < 4.78 is 25.6. The summed E-state index contributed by atoms with van der Waals surface area (Å²) in [5.41, 5.74) is 0.992. The van der Waals surface area contributed by atoms with Crippen LogP contribution < -0.4 is 0 Å². The topological polar surface area (TPSA) is 67.3 Å². The van der Waals surface area contributed by atoms with E-state index in [1.54, 1.807) is 25.1 Å². The standard InChI is InChI=1S/C17H20NO3S/c1-11-16-10-14(8-9-15(16)17(19)12(2)18-11)22(20,21)13-6-4-3-5-7-13/h8-10,13,19H,2-7H2,1H3. The highest BCUT2D eigenvalue weighted by atomic mass is 32.2. The third-order valence-corrected chi connectivity index (χ3v) is 6.79. The lowest BCUT2D eigenvalue weighted by atomic mass is 10.0. The summed E-state index contributed by atoms with van der Waals surface area (Å²) in [6.45, 7) is 5.50. The lowest BCUT2D eigenvalue weighted by Gasteiger charge is -2.22. The van der Waals surface area contributed by atoms with Crippen molar-refractivity contribution < 1.29 is 13.5 Å². The van der Waals surface area contributed by atoms with Crippen LogP contribution in [-0.4, -0.2) is 23.8 Å². The number of hydrogen-bond acceptors (Lipinski definition) is 4. The van der Waals surface area contributed by atoms with E-state index in [1.165, 1.54) is 0 Å². The van der Waals surface area contributed by atoms with Gasteiger partial charge in [-0.05, 0) is 44.9 Å². The predicted octanol–water partition coefficient (Wildman–Crippen LogP) is 3.54. The monoisotopic (exact) mass is 318 g/mol. The lowest BCUT2D eigenvalue weighted by Crippen LogP contribution is -2.24. The van der Waals surface area contributed by atoms with E-state index in [9.17, 15) is 13.5 Å². The van der Waals surface area contributed by atoms with Crippen LogP contribution >= 0.6 is 0 Å². The van der Waals surface area contributed by atoms with Gasteiger partial charge in [0.25, 0.3) is 0 Å². The number of benzene rings is 1. The Balaban J connectivity index is 2.12. The zero-order valence-electron chi connectivity index (χ0n) is 12.7. The molecule has 0 amide bonds. The first-order valence-corrected chi connectivity index (χ1v) is 9.15. The molecule has 1 aromatic carbocycles. The molecule has 4 nitrogen and oxygen atoms in total. The second-order valence-electron chi connectivity index (χ2n) is 6.00. The van der Waals surface area contributed by atoms with Crippen molar-refractivity contribution in [1.29, 1.82) is 0 Å². The number of aromatic hydroxyl groups is 1. The summed E-state index contributed by atoms with van der Waals surface area (Å²) in [6, 6.07) is 4.88. The Morgan fingerprint density at radius 3 is 2.55 bits per heavy atom. The number of pyridine rings is 1. The lowest BCUT2D eigenvalue weighted by molar-refractivity contribution is 0.476. The van der Waals surface area contributed by atoms with Crippen molar-refractivity contribution in [2.75, 3.05) is 0 Å². The minimum Gasteiger partial charge on any atom is -0.505 e. The molecule has 1 saturated carbocycles. The fraction of sp³-hybridized carbons (Fsp3) is 0.412. The number of rotatable bonds is 2. The van der Waals surface area contributed by atoms with Crippen molar-refractivity contribution in [3.63, 3.8) is 0 Å². The Hall–Kier alpha value is -1.62. The van der Waals surface area contributed by atoms with Crippen molar-refractivity contribution >= 4 is 20.6 Å². The highest BCUT2D eigenvalue weighted by Gasteiger charge is 2.29. The normalized spacial score (nSPS) is 17.0. The molecule has 1 aliphatic carbocycles. The number of fused-ring (bicyclic) bond motifs is 1. The van der Waals surface area contributed by atoms with Gasteiger partial charge < -0.3 is 5.11 Å². The quantitative estimate of drug-likeness (QED) is 0.919. The van der Waals surface area contributed by atoms with Crippen LogP contribution in [0.15, 0.2) is 23.1 Å². The fourth-order valence-electron chi connectivity index (χ4n) is 3.25. The SMILES string of the molecule is [CH2]c1nc(C)c2cc(S(=O)(=O)C3CCCCC3)ccc2c1O. The van der Waals surface area contributed by atoms with E-state index in [0.29, 0.717) is 27.1 Å². The van der Waals surface area contributed by atoms with Gasteiger partial charge in [0, 0.05) is 16.5 Å². The summed E-state index contributed by atoms with van der Waals surface area (Å²) >= 11 is 0. The zero-order chi connectivity index (χ0) is 15.9. The molecule has 0 unspecified atom stereocenters. The van der Waals surface area contributed by atoms with E-state index < -0.39 is 9.84 Å². The van der Waals surface area contributed by atoms with E-state index in [2.05, 4.69) is 11.9 Å². The Labute approximate surface area is 131 Å². The highest BCUT2D eigenvalue weighted by molar-refractivity contribution is 7.92. The number of nitrogens with zero attached hydrogens (tertiary/aromatic N) is 1. The molecule has 0 spiro atoms. The van der Waals surface area contributed by atoms with Gasteiger partial charge in [-0.25, -0.2) is 8.42 Å². The number of hydrogen-bond donors (Lipinski definition) is 1. The summed E-state index contributed by atoms with van der Waals surface area (Å²) in [7, 11) is -3.32. The third kappa shape index (κ3) is 2.47. The van der Waals surface area contributed by atoms with Crippen molar-refractivity contribution in [1.82, 2.24) is 4.98 Å². The molecule has 0 atom stereocenters. The first-order valence-electron chi connectivity index (χ1n) is 7.60. The zero-order valence-corrected chi connectivity index (χ0v) is 13.5. The molecule has 1 heterocycles. The number of aryl methyl sites for hydroxylation is 1. The van der Waals surface area contributed by atoms with E-state index in [4.69, 9.17) is 0 Å². The largest absolute Gasteiger partial charge is 0.505 e. The van der Waals surface area contributed by atoms with Crippen LogP contribution in [0.2, 0.25) is 0 Å². The van der Waals surface area contributed by atoms with Gasteiger partial charge >= 0.3 is 0 Å². The summed E-state index contributed by atoms with van der Waals surface area (Å²) in [4.78, 5) is 4.51. The summed E-state index contributed by atoms with van der Waals surface area (Å²) in [5.74, 6) is 0.0159. The minimum atomic E-state index is -3.32. The van der Waals surface area contributed by atoms with Crippen LogP contribution in [0.3, 0.4) is 0 Å². The van der Waals surface area contributed by atoms with Gasteiger partial charge in [0.1, 0.15) is 5.75 Å². The van der Waals surface area contributed by atoms with Crippen LogP contribution in [0, 0.1) is 13.8 Å². The van der Waals surface area contributed by atoms with Crippen molar-refractivity contribution in [3.8, 4) is 5.75 Å². The molecule has 117 valence electrons. The van der Waals surface area contributed by atoms with Crippen molar-refractivity contribution in [2.45, 2.75) is 49.2 Å². The Bertz CT molecular complexity index is 821. The van der Waals surface area contributed by atoms with Crippen LogP contribution in [0.5, 0.6) is 5.75 Å². The van der Waals surface area contributed by atoms with Crippen molar-refractivity contribution in [3.05, 3.63) is 36.5 Å². The molecule has 0 saturated heterocycles. The van der Waals surface area contributed by atoms with Gasteiger partial charge in [0.05, 0.1) is 15.8 Å². The van der Waals surface area contributed by atoms with E-state index in [0.717, 1.165) is 32.1 Å². The molecule has 1 fully saturated rings. The van der Waals surface area contributed by atoms with Gasteiger partial charge in [-0.3, -0.25) is 4.98 Å². The van der Waals surface area contributed by atoms with Gasteiger partial charge in [-0.2, -0.15) is 0 Å². The van der Waals surface area contributed by atoms with Gasteiger partial charge in [-0.15, -0.1) is 0 Å². The Kier molecular flexibility index (Phi) is 3.85. The van der Waals surface area contributed by atoms with E-state index >= 15 is 0 Å². The van der Waals surface area contributed by atoms with Gasteiger partial charge in [0.15, 0.2) is 9.84 Å². The van der Waals surface area contributed by atoms with E-state index in [-0.39, 0.29) is 11.0 Å². The maximum Gasteiger partial charge on any atom is 0.181 e. The molecule has 3 rings (SSSR count). The molecular formula is C17H20NO3S. The average molecular weight is 318 g/mol. The average Bonchev–Trinajstić information content (AvgIpc) is 2.53. The highest BCUT2D eigenvalue weighted by Crippen LogP contribution is 2.33. The molecule has 5 heteroatoms. The minimum absolute atomic E-state index is 0.0159. The second kappa shape index (κ2) is 5.54. The molecule has 1 aromatic heterocycles. The maximum atomic E-state index is 12.8. The summed E-state index contributed by atoms with van der Waals surface area (Å²) in [5, 5.41) is 11.0. The third-order valence-electron chi connectivity index (χ3n) is 4.53. The molecule has 0 aliphatic heterocycles. The van der Waals surface area contributed by atoms with E-state index in [1.807, 2.05) is 0 Å². The molecule has 1 aliphatic rings. The molecule has 22 heavy (non-hydrogen) atoms. The number of sulfone groups is 1. The Morgan fingerprint density at radius 2 is 1.86 bits per heavy atom. The number of aromatic nitrogens is 1. The van der Waals surface area contributed by atoms with Crippen LogP contribution in [0.1, 0.15) is 43.5 Å². The fourth-order valence-corrected chi connectivity index (χ4v) is 5.12. The molecule has 2 aromatic rings. The molecule has 1 radical (unpaired) electrons. The van der Waals surface area contributed by atoms with Gasteiger partial charge in [0.2, 0.25) is 0 Å². The van der Waals surface area contributed by atoms with Crippen LogP contribution in [-0.2, 0) is 9.84 Å². The van der Waals surface area contributed by atoms with Crippen LogP contribution in [0.4, 0.5) is 0 Å². The Morgan fingerprint density at radius 1 is 1.18 bits per heavy atom. The van der Waals surface area contributed by atoms with Crippen molar-refractivity contribution in [2.24, 2.45) is 0 Å². The first-order chi connectivity index (χ1) is 10.4. The molecule has 0 bridgehead atoms. The first kappa shape index (κ1) is 15.3. The van der Waals surface area contributed by atoms with Gasteiger partial charge in [-0.1, -0.05) is 19.3 Å².